The molecule has 0 aliphatic heterocycles. The highest BCUT2D eigenvalue weighted by Gasteiger charge is 2.08. The topological polar surface area (TPSA) is 32.3 Å². The summed E-state index contributed by atoms with van der Waals surface area (Å²) in [6, 6.07) is 19.1. The van der Waals surface area contributed by atoms with Crippen LogP contribution in [-0.2, 0) is 6.42 Å². The summed E-state index contributed by atoms with van der Waals surface area (Å²) in [6.45, 7) is 2.39. The van der Waals surface area contributed by atoms with Gasteiger partial charge in [0.15, 0.2) is 0 Å². The Balaban J connectivity index is 2.06. The molecule has 0 amide bonds. The lowest BCUT2D eigenvalue weighted by atomic mass is 10.0. The van der Waals surface area contributed by atoms with Gasteiger partial charge >= 0.3 is 0 Å². The summed E-state index contributed by atoms with van der Waals surface area (Å²) in [5.74, 6) is 0. The van der Waals surface area contributed by atoms with Crippen LogP contribution < -0.4 is 5.32 Å². The van der Waals surface area contributed by atoms with Crippen LogP contribution in [0, 0.1) is 0 Å². The molecule has 0 aliphatic carbocycles. The fourth-order valence-corrected chi connectivity index (χ4v) is 2.20. The first kappa shape index (κ1) is 13.6. The lowest BCUT2D eigenvalue weighted by molar-refractivity contribution is 0.299. The molecule has 1 atom stereocenters. The van der Waals surface area contributed by atoms with E-state index >= 15 is 0 Å². The monoisotopic (exact) mass is 255 g/mol. The molecule has 0 saturated carbocycles. The normalized spacial score (nSPS) is 12.1. The smallest absolute Gasteiger partial charge is 0.0511 e. The zero-order valence-corrected chi connectivity index (χ0v) is 11.3. The van der Waals surface area contributed by atoms with Crippen molar-refractivity contribution in [2.75, 3.05) is 11.9 Å². The van der Waals surface area contributed by atoms with Gasteiger partial charge in [0.1, 0.15) is 0 Å². The number of aliphatic hydroxyl groups excluding tert-OH is 1. The van der Waals surface area contributed by atoms with E-state index in [1.165, 1.54) is 11.1 Å². The summed E-state index contributed by atoms with van der Waals surface area (Å²) in [5.41, 5.74) is 3.60. The molecule has 19 heavy (non-hydrogen) atoms. The standard InChI is InChI=1S/C17H21NO/c1-2-17(15-6-4-3-5-7-15)18-16-10-8-14(9-11-16)12-13-19/h3-11,17-19H,2,12-13H2,1H3. The highest BCUT2D eigenvalue weighted by atomic mass is 16.2. The first-order chi connectivity index (χ1) is 9.33. The zero-order chi connectivity index (χ0) is 13.5. The molecule has 0 bridgehead atoms. The van der Waals surface area contributed by atoms with Crippen LogP contribution in [0.5, 0.6) is 0 Å². The van der Waals surface area contributed by atoms with Gasteiger partial charge in [-0.05, 0) is 36.1 Å². The van der Waals surface area contributed by atoms with Crippen LogP contribution in [0.2, 0.25) is 0 Å². The van der Waals surface area contributed by atoms with Crippen molar-refractivity contribution >= 4 is 5.69 Å². The molecule has 2 N–H and O–H groups in total. The summed E-state index contributed by atoms with van der Waals surface area (Å²) in [4.78, 5) is 0. The van der Waals surface area contributed by atoms with Gasteiger partial charge < -0.3 is 10.4 Å². The number of hydrogen-bond acceptors (Lipinski definition) is 2. The molecular formula is C17H21NO. The van der Waals surface area contributed by atoms with Crippen molar-refractivity contribution in [3.8, 4) is 0 Å². The van der Waals surface area contributed by atoms with E-state index in [4.69, 9.17) is 5.11 Å². The first-order valence-electron chi connectivity index (χ1n) is 6.84. The average molecular weight is 255 g/mol. The van der Waals surface area contributed by atoms with E-state index in [0.29, 0.717) is 6.04 Å². The van der Waals surface area contributed by atoms with Crippen molar-refractivity contribution in [1.82, 2.24) is 0 Å². The highest BCUT2D eigenvalue weighted by molar-refractivity contribution is 5.46. The lowest BCUT2D eigenvalue weighted by Gasteiger charge is -2.19. The largest absolute Gasteiger partial charge is 0.396 e. The molecule has 1 unspecified atom stereocenters. The third kappa shape index (κ3) is 3.83. The predicted octanol–water partition coefficient (Wildman–Crippen LogP) is 3.78. The third-order valence-corrected chi connectivity index (χ3v) is 3.31. The summed E-state index contributed by atoms with van der Waals surface area (Å²) in [6.07, 6.45) is 1.76. The Morgan fingerprint density at radius 1 is 1.00 bits per heavy atom. The Hall–Kier alpha value is -1.80. The summed E-state index contributed by atoms with van der Waals surface area (Å²) >= 11 is 0. The molecule has 2 nitrogen and oxygen atoms in total. The molecule has 0 aliphatic rings. The number of nitrogens with one attached hydrogen (secondary N) is 1. The van der Waals surface area contributed by atoms with Gasteiger partial charge in [0, 0.05) is 12.3 Å². The molecule has 0 saturated heterocycles. The van der Waals surface area contributed by atoms with Crippen molar-refractivity contribution in [3.63, 3.8) is 0 Å². The van der Waals surface area contributed by atoms with Crippen molar-refractivity contribution in [1.29, 1.82) is 0 Å². The molecule has 0 aromatic heterocycles. The van der Waals surface area contributed by atoms with E-state index < -0.39 is 0 Å². The second-order valence-corrected chi connectivity index (χ2v) is 4.69. The highest BCUT2D eigenvalue weighted by Crippen LogP contribution is 2.22. The van der Waals surface area contributed by atoms with Gasteiger partial charge in [0.2, 0.25) is 0 Å². The molecule has 0 spiro atoms. The van der Waals surface area contributed by atoms with Crippen LogP contribution >= 0.6 is 0 Å². The molecule has 100 valence electrons. The zero-order valence-electron chi connectivity index (χ0n) is 11.3. The van der Waals surface area contributed by atoms with E-state index in [9.17, 15) is 0 Å². The van der Waals surface area contributed by atoms with Gasteiger partial charge in [0.05, 0.1) is 6.04 Å². The molecule has 0 radical (unpaired) electrons. The first-order valence-corrected chi connectivity index (χ1v) is 6.84. The van der Waals surface area contributed by atoms with Crippen LogP contribution in [-0.4, -0.2) is 11.7 Å². The number of aliphatic hydroxyl groups is 1. The van der Waals surface area contributed by atoms with Crippen LogP contribution in [0.25, 0.3) is 0 Å². The number of rotatable bonds is 6. The van der Waals surface area contributed by atoms with Crippen LogP contribution in [0.4, 0.5) is 5.69 Å². The molecule has 2 heteroatoms. The van der Waals surface area contributed by atoms with Crippen LogP contribution in [0.3, 0.4) is 0 Å². The van der Waals surface area contributed by atoms with E-state index in [1.807, 2.05) is 6.07 Å². The number of hydrogen-bond donors (Lipinski definition) is 2. The molecular weight excluding hydrogens is 234 g/mol. The van der Waals surface area contributed by atoms with Crippen LogP contribution in [0.1, 0.15) is 30.5 Å². The Bertz CT molecular complexity index is 478. The summed E-state index contributed by atoms with van der Waals surface area (Å²) in [7, 11) is 0. The maximum atomic E-state index is 8.91. The molecule has 0 fully saturated rings. The molecule has 2 aromatic carbocycles. The molecule has 2 rings (SSSR count). The lowest BCUT2D eigenvalue weighted by Crippen LogP contribution is -2.09. The van der Waals surface area contributed by atoms with Gasteiger partial charge in [0.25, 0.3) is 0 Å². The SMILES string of the molecule is CCC(Nc1ccc(CCO)cc1)c1ccccc1. The minimum atomic E-state index is 0.203. The van der Waals surface area contributed by atoms with Crippen molar-refractivity contribution in [3.05, 3.63) is 65.7 Å². The number of benzene rings is 2. The summed E-state index contributed by atoms with van der Waals surface area (Å²) in [5, 5.41) is 12.5. The number of anilines is 1. The average Bonchev–Trinajstić information content (AvgIpc) is 2.48. The summed E-state index contributed by atoms with van der Waals surface area (Å²) < 4.78 is 0. The predicted molar refractivity (Wildman–Crippen MR) is 80.3 cm³/mol. The van der Waals surface area contributed by atoms with E-state index in [2.05, 4.69) is 60.8 Å². The van der Waals surface area contributed by atoms with Gasteiger partial charge in [-0.25, -0.2) is 0 Å². The van der Waals surface area contributed by atoms with E-state index in [0.717, 1.165) is 18.5 Å². The van der Waals surface area contributed by atoms with Crippen molar-refractivity contribution in [2.45, 2.75) is 25.8 Å². The Kier molecular flexibility index (Phi) is 4.99. The molecule has 2 aromatic rings. The van der Waals surface area contributed by atoms with Gasteiger partial charge in [-0.2, -0.15) is 0 Å². The Labute approximate surface area is 115 Å². The quantitative estimate of drug-likeness (QED) is 0.823. The van der Waals surface area contributed by atoms with Crippen molar-refractivity contribution < 1.29 is 5.11 Å². The second kappa shape index (κ2) is 6.95. The van der Waals surface area contributed by atoms with Gasteiger partial charge in [-0.1, -0.05) is 49.4 Å². The maximum absolute atomic E-state index is 8.91. The molecule has 0 heterocycles. The van der Waals surface area contributed by atoms with Crippen molar-refractivity contribution in [2.24, 2.45) is 0 Å². The fourth-order valence-electron chi connectivity index (χ4n) is 2.20. The fraction of sp³-hybridized carbons (Fsp3) is 0.294. The third-order valence-electron chi connectivity index (χ3n) is 3.31. The Morgan fingerprint density at radius 3 is 2.26 bits per heavy atom. The minimum Gasteiger partial charge on any atom is -0.396 e. The maximum Gasteiger partial charge on any atom is 0.0511 e. The van der Waals surface area contributed by atoms with Gasteiger partial charge in [-0.3, -0.25) is 0 Å². The second-order valence-electron chi connectivity index (χ2n) is 4.69. The van der Waals surface area contributed by atoms with Gasteiger partial charge in [-0.15, -0.1) is 0 Å². The van der Waals surface area contributed by atoms with E-state index in [-0.39, 0.29) is 6.61 Å². The van der Waals surface area contributed by atoms with E-state index in [1.54, 1.807) is 0 Å². The minimum absolute atomic E-state index is 0.203. The Morgan fingerprint density at radius 2 is 1.68 bits per heavy atom. The van der Waals surface area contributed by atoms with Crippen LogP contribution in [0.15, 0.2) is 54.6 Å².